The number of aromatic nitrogens is 2. The van der Waals surface area contributed by atoms with Crippen LogP contribution in [0.5, 0.6) is 0 Å². The van der Waals surface area contributed by atoms with Gasteiger partial charge in [-0.25, -0.2) is 17.8 Å². The van der Waals surface area contributed by atoms with E-state index >= 15 is 0 Å². The van der Waals surface area contributed by atoms with E-state index in [1.165, 1.54) is 0 Å². The molecule has 0 fully saturated rings. The fourth-order valence-electron chi connectivity index (χ4n) is 3.04. The van der Waals surface area contributed by atoms with E-state index in [9.17, 15) is 13.2 Å². The van der Waals surface area contributed by atoms with Crippen LogP contribution in [-0.2, 0) is 10.0 Å². The number of carbonyl (C=O) groups is 1. The molecule has 1 amide bonds. The average Bonchev–Trinajstić information content (AvgIpc) is 3.00. The molecule has 2 aromatic carbocycles. The van der Waals surface area contributed by atoms with Crippen molar-refractivity contribution >= 4 is 15.9 Å². The lowest BCUT2D eigenvalue weighted by molar-refractivity contribution is 0.0953. The predicted octanol–water partition coefficient (Wildman–Crippen LogP) is 2.51. The monoisotopic (exact) mass is 412 g/mol. The Morgan fingerprint density at radius 3 is 2.28 bits per heavy atom. The second kappa shape index (κ2) is 8.59. The molecule has 0 spiro atoms. The lowest BCUT2D eigenvalue weighted by Gasteiger charge is -2.09. The molecule has 0 aliphatic rings. The zero-order chi connectivity index (χ0) is 21.0. The van der Waals surface area contributed by atoms with E-state index in [1.54, 1.807) is 35.9 Å². The van der Waals surface area contributed by atoms with Crippen LogP contribution in [0, 0.1) is 20.8 Å². The van der Waals surface area contributed by atoms with Crippen LogP contribution in [0.2, 0.25) is 0 Å². The van der Waals surface area contributed by atoms with Crippen molar-refractivity contribution in [2.75, 3.05) is 13.1 Å². The Kier molecular flexibility index (Phi) is 6.14. The molecule has 152 valence electrons. The fourth-order valence-corrected chi connectivity index (χ4v) is 4.07. The number of hydrogen-bond donors (Lipinski definition) is 2. The maximum Gasteiger partial charge on any atom is 0.255 e. The molecule has 3 rings (SSSR count). The summed E-state index contributed by atoms with van der Waals surface area (Å²) in [6, 6.07) is 16.2. The number of nitrogens with one attached hydrogen (secondary N) is 2. The van der Waals surface area contributed by atoms with Gasteiger partial charge in [0.25, 0.3) is 5.91 Å². The van der Waals surface area contributed by atoms with Crippen molar-refractivity contribution in [2.24, 2.45) is 0 Å². The van der Waals surface area contributed by atoms with Gasteiger partial charge in [-0.3, -0.25) is 4.79 Å². The zero-order valence-corrected chi connectivity index (χ0v) is 17.5. The Hall–Kier alpha value is -2.97. The van der Waals surface area contributed by atoms with Crippen molar-refractivity contribution in [3.8, 4) is 5.69 Å². The molecular formula is C21H24N4O3S. The van der Waals surface area contributed by atoms with E-state index in [2.05, 4.69) is 15.1 Å². The first-order valence-corrected chi connectivity index (χ1v) is 10.7. The molecule has 8 heteroatoms. The molecule has 0 bridgehead atoms. The van der Waals surface area contributed by atoms with Crippen LogP contribution in [0.1, 0.15) is 27.3 Å². The minimum atomic E-state index is -3.61. The molecule has 0 atom stereocenters. The molecule has 1 heterocycles. The van der Waals surface area contributed by atoms with Gasteiger partial charge in [-0.05, 0) is 45.0 Å². The number of sulfonamides is 1. The summed E-state index contributed by atoms with van der Waals surface area (Å²) in [4.78, 5) is 12.8. The molecule has 1 aromatic heterocycles. The maximum absolute atomic E-state index is 12.6. The molecule has 29 heavy (non-hydrogen) atoms. The van der Waals surface area contributed by atoms with Gasteiger partial charge in [-0.15, -0.1) is 0 Å². The van der Waals surface area contributed by atoms with Crippen LogP contribution in [0.3, 0.4) is 0 Å². The van der Waals surface area contributed by atoms with E-state index < -0.39 is 10.0 Å². The van der Waals surface area contributed by atoms with Crippen LogP contribution < -0.4 is 10.0 Å². The zero-order valence-electron chi connectivity index (χ0n) is 16.6. The molecule has 0 aliphatic heterocycles. The van der Waals surface area contributed by atoms with Gasteiger partial charge in [-0.1, -0.05) is 35.9 Å². The summed E-state index contributed by atoms with van der Waals surface area (Å²) in [5.74, 6) is -0.281. The van der Waals surface area contributed by atoms with E-state index in [4.69, 9.17) is 0 Å². The molecule has 0 unspecified atom stereocenters. The maximum atomic E-state index is 12.6. The normalized spacial score (nSPS) is 11.4. The van der Waals surface area contributed by atoms with Crippen LogP contribution in [0.15, 0.2) is 59.5 Å². The van der Waals surface area contributed by atoms with E-state index in [1.807, 2.05) is 44.2 Å². The molecule has 0 aliphatic carbocycles. The summed E-state index contributed by atoms with van der Waals surface area (Å²) >= 11 is 0. The van der Waals surface area contributed by atoms with Crippen molar-refractivity contribution < 1.29 is 13.2 Å². The number of para-hydroxylation sites is 1. The highest BCUT2D eigenvalue weighted by molar-refractivity contribution is 7.89. The Morgan fingerprint density at radius 1 is 0.966 bits per heavy atom. The number of nitrogens with zero attached hydrogens (tertiary/aromatic N) is 2. The largest absolute Gasteiger partial charge is 0.351 e. The highest BCUT2D eigenvalue weighted by atomic mass is 32.2. The summed E-state index contributed by atoms with van der Waals surface area (Å²) in [6.45, 7) is 5.76. The SMILES string of the molecule is Cc1ccc(S(=O)(=O)NCCNC(=O)c2c(C)nn(-c3ccccc3)c2C)cc1. The quantitative estimate of drug-likeness (QED) is 0.583. The van der Waals surface area contributed by atoms with Gasteiger partial charge >= 0.3 is 0 Å². The van der Waals surface area contributed by atoms with Crippen LogP contribution >= 0.6 is 0 Å². The predicted molar refractivity (Wildman–Crippen MR) is 112 cm³/mol. The highest BCUT2D eigenvalue weighted by Crippen LogP contribution is 2.17. The second-order valence-electron chi connectivity index (χ2n) is 6.76. The number of hydrogen-bond acceptors (Lipinski definition) is 4. The van der Waals surface area contributed by atoms with Crippen LogP contribution in [0.25, 0.3) is 5.69 Å². The van der Waals surface area contributed by atoms with E-state index in [-0.39, 0.29) is 23.9 Å². The molecule has 2 N–H and O–H groups in total. The third kappa shape index (κ3) is 4.72. The average molecular weight is 413 g/mol. The standard InChI is InChI=1S/C21H24N4O3S/c1-15-9-11-19(12-10-15)29(27,28)23-14-13-22-21(26)20-16(2)24-25(17(20)3)18-7-5-4-6-8-18/h4-12,23H,13-14H2,1-3H3,(H,22,26). The van der Waals surface area contributed by atoms with Gasteiger partial charge < -0.3 is 5.32 Å². The third-order valence-corrected chi connectivity index (χ3v) is 6.03. The Balaban J connectivity index is 1.62. The van der Waals surface area contributed by atoms with E-state index in [0.717, 1.165) is 16.9 Å². The lowest BCUT2D eigenvalue weighted by Crippen LogP contribution is -2.35. The van der Waals surface area contributed by atoms with Gasteiger partial charge in [0.2, 0.25) is 10.0 Å². The number of amides is 1. The van der Waals surface area contributed by atoms with Crippen molar-refractivity contribution in [1.82, 2.24) is 19.8 Å². The number of carbonyl (C=O) groups excluding carboxylic acids is 1. The van der Waals surface area contributed by atoms with Crippen molar-refractivity contribution in [1.29, 1.82) is 0 Å². The number of aryl methyl sites for hydroxylation is 2. The number of rotatable bonds is 7. The van der Waals surface area contributed by atoms with Gasteiger partial charge in [0.15, 0.2) is 0 Å². The first-order chi connectivity index (χ1) is 13.8. The Morgan fingerprint density at radius 2 is 1.62 bits per heavy atom. The van der Waals surface area contributed by atoms with Crippen LogP contribution in [0.4, 0.5) is 0 Å². The van der Waals surface area contributed by atoms with Gasteiger partial charge in [0.05, 0.1) is 27.5 Å². The summed E-state index contributed by atoms with van der Waals surface area (Å²) in [5.41, 5.74) is 3.70. The first kappa shape index (κ1) is 20.8. The van der Waals surface area contributed by atoms with Gasteiger partial charge in [0, 0.05) is 13.1 Å². The van der Waals surface area contributed by atoms with E-state index in [0.29, 0.717) is 11.3 Å². The molecule has 0 saturated carbocycles. The fraction of sp³-hybridized carbons (Fsp3) is 0.238. The van der Waals surface area contributed by atoms with Gasteiger partial charge in [-0.2, -0.15) is 5.10 Å². The molecule has 3 aromatic rings. The Bertz CT molecular complexity index is 1100. The van der Waals surface area contributed by atoms with Crippen LogP contribution in [-0.4, -0.2) is 37.2 Å². The molecule has 0 saturated heterocycles. The number of benzene rings is 2. The lowest BCUT2D eigenvalue weighted by atomic mass is 10.2. The van der Waals surface area contributed by atoms with Gasteiger partial charge in [0.1, 0.15) is 0 Å². The van der Waals surface area contributed by atoms with Crippen molar-refractivity contribution in [3.05, 3.63) is 77.1 Å². The molecule has 0 radical (unpaired) electrons. The minimum absolute atomic E-state index is 0.0901. The summed E-state index contributed by atoms with van der Waals surface area (Å²) in [6.07, 6.45) is 0. The van der Waals surface area contributed by atoms with Crippen molar-refractivity contribution in [3.63, 3.8) is 0 Å². The minimum Gasteiger partial charge on any atom is -0.351 e. The molecule has 7 nitrogen and oxygen atoms in total. The van der Waals surface area contributed by atoms with Crippen molar-refractivity contribution in [2.45, 2.75) is 25.7 Å². The summed E-state index contributed by atoms with van der Waals surface area (Å²) in [5, 5.41) is 7.22. The topological polar surface area (TPSA) is 93.1 Å². The second-order valence-corrected chi connectivity index (χ2v) is 8.53. The first-order valence-electron chi connectivity index (χ1n) is 9.26. The molecular weight excluding hydrogens is 388 g/mol. The summed E-state index contributed by atoms with van der Waals surface area (Å²) < 4.78 is 28.8. The highest BCUT2D eigenvalue weighted by Gasteiger charge is 2.19. The third-order valence-electron chi connectivity index (χ3n) is 4.55. The summed E-state index contributed by atoms with van der Waals surface area (Å²) in [7, 11) is -3.61. The smallest absolute Gasteiger partial charge is 0.255 e. The Labute approximate surface area is 170 Å².